The van der Waals surface area contributed by atoms with Gasteiger partial charge in [0.25, 0.3) is 11.8 Å². The zero-order valence-electron chi connectivity index (χ0n) is 13.5. The summed E-state index contributed by atoms with van der Waals surface area (Å²) in [7, 11) is 1.59. The van der Waals surface area contributed by atoms with Crippen LogP contribution < -0.4 is 16.0 Å². The second-order valence-corrected chi connectivity index (χ2v) is 5.78. The minimum atomic E-state index is -0.183. The summed E-state index contributed by atoms with van der Waals surface area (Å²) >= 11 is 0. The summed E-state index contributed by atoms with van der Waals surface area (Å²) in [5.41, 5.74) is 2.17. The molecule has 0 spiro atoms. The highest BCUT2D eigenvalue weighted by Gasteiger charge is 2.23. The molecule has 0 saturated heterocycles. The molecular weight excluding hydrogens is 304 g/mol. The predicted molar refractivity (Wildman–Crippen MR) is 91.9 cm³/mol. The van der Waals surface area contributed by atoms with Crippen LogP contribution in [-0.4, -0.2) is 29.9 Å². The maximum absolute atomic E-state index is 12.0. The number of hydrogen-bond acceptors (Lipinski definition) is 4. The topological polar surface area (TPSA) is 83.1 Å². The molecule has 1 aliphatic rings. The molecule has 0 atom stereocenters. The summed E-state index contributed by atoms with van der Waals surface area (Å²) < 4.78 is 0. The van der Waals surface area contributed by atoms with Crippen molar-refractivity contribution in [2.45, 2.75) is 25.4 Å². The standard InChI is InChI=1S/C18H20N4O2/c1-19-18(24)15-3-2-10-20-16(15)21-11-12-4-6-13(7-5-12)17(23)22-14-8-9-14/h2-7,10,14H,8-9,11H2,1H3,(H,19,24)(H,20,21)(H,22,23). The summed E-state index contributed by atoms with van der Waals surface area (Å²) in [6, 6.07) is 11.2. The van der Waals surface area contributed by atoms with Gasteiger partial charge in [0, 0.05) is 31.4 Å². The van der Waals surface area contributed by atoms with Crippen LogP contribution in [0.15, 0.2) is 42.6 Å². The third-order valence-electron chi connectivity index (χ3n) is 3.87. The number of hydrogen-bond donors (Lipinski definition) is 3. The first-order valence-electron chi connectivity index (χ1n) is 7.98. The first-order chi connectivity index (χ1) is 11.7. The highest BCUT2D eigenvalue weighted by Crippen LogP contribution is 2.19. The number of amides is 2. The molecule has 0 unspecified atom stereocenters. The van der Waals surface area contributed by atoms with Crippen LogP contribution in [0, 0.1) is 0 Å². The highest BCUT2D eigenvalue weighted by atomic mass is 16.2. The van der Waals surface area contributed by atoms with Crippen molar-refractivity contribution >= 4 is 17.6 Å². The van der Waals surface area contributed by atoms with Gasteiger partial charge in [0.15, 0.2) is 0 Å². The SMILES string of the molecule is CNC(=O)c1cccnc1NCc1ccc(C(=O)NC2CC2)cc1. The molecule has 3 rings (SSSR count). The van der Waals surface area contributed by atoms with Crippen LogP contribution in [0.2, 0.25) is 0 Å². The Kier molecular flexibility index (Phi) is 4.74. The summed E-state index contributed by atoms with van der Waals surface area (Å²) in [5, 5.41) is 8.72. The van der Waals surface area contributed by atoms with E-state index in [2.05, 4.69) is 20.9 Å². The van der Waals surface area contributed by atoms with E-state index in [1.165, 1.54) is 0 Å². The second-order valence-electron chi connectivity index (χ2n) is 5.78. The van der Waals surface area contributed by atoms with E-state index in [0.29, 0.717) is 29.5 Å². The van der Waals surface area contributed by atoms with E-state index in [4.69, 9.17) is 0 Å². The number of carbonyl (C=O) groups excluding carboxylic acids is 2. The molecule has 124 valence electrons. The molecule has 0 aliphatic heterocycles. The molecule has 1 aromatic carbocycles. The Hall–Kier alpha value is -2.89. The Balaban J connectivity index is 1.62. The molecule has 6 heteroatoms. The quantitative estimate of drug-likeness (QED) is 0.758. The molecular formula is C18H20N4O2. The maximum atomic E-state index is 12.0. The summed E-state index contributed by atoms with van der Waals surface area (Å²) in [5.74, 6) is 0.328. The number of benzene rings is 1. The van der Waals surface area contributed by atoms with Crippen molar-refractivity contribution < 1.29 is 9.59 Å². The molecule has 1 fully saturated rings. The lowest BCUT2D eigenvalue weighted by atomic mass is 10.1. The number of nitrogens with one attached hydrogen (secondary N) is 3. The fourth-order valence-electron chi connectivity index (χ4n) is 2.32. The van der Waals surface area contributed by atoms with Gasteiger partial charge < -0.3 is 16.0 Å². The van der Waals surface area contributed by atoms with Crippen molar-refractivity contribution in [1.29, 1.82) is 0 Å². The van der Waals surface area contributed by atoms with Crippen molar-refractivity contribution in [2.24, 2.45) is 0 Å². The molecule has 3 N–H and O–H groups in total. The van der Waals surface area contributed by atoms with Gasteiger partial charge in [-0.25, -0.2) is 4.98 Å². The first-order valence-corrected chi connectivity index (χ1v) is 7.98. The number of pyridine rings is 1. The van der Waals surface area contributed by atoms with Crippen LogP contribution in [0.4, 0.5) is 5.82 Å². The van der Waals surface area contributed by atoms with Crippen LogP contribution in [0.3, 0.4) is 0 Å². The smallest absolute Gasteiger partial charge is 0.254 e. The summed E-state index contributed by atoms with van der Waals surface area (Å²) in [4.78, 5) is 28.0. The molecule has 2 amide bonds. The van der Waals surface area contributed by atoms with Gasteiger partial charge in [-0.2, -0.15) is 0 Å². The molecule has 24 heavy (non-hydrogen) atoms. The molecule has 2 aromatic rings. The van der Waals surface area contributed by atoms with Crippen LogP contribution in [0.5, 0.6) is 0 Å². The van der Waals surface area contributed by atoms with Gasteiger partial charge in [-0.05, 0) is 42.7 Å². The van der Waals surface area contributed by atoms with Gasteiger partial charge in [0.2, 0.25) is 0 Å². The Morgan fingerprint density at radius 1 is 1.12 bits per heavy atom. The first kappa shape index (κ1) is 16.0. The van der Waals surface area contributed by atoms with Gasteiger partial charge in [0.1, 0.15) is 5.82 Å². The van der Waals surface area contributed by atoms with E-state index >= 15 is 0 Å². The van der Waals surface area contributed by atoms with Gasteiger partial charge in [-0.3, -0.25) is 9.59 Å². The van der Waals surface area contributed by atoms with Gasteiger partial charge in [0.05, 0.1) is 5.56 Å². The summed E-state index contributed by atoms with van der Waals surface area (Å²) in [6.45, 7) is 0.519. The van der Waals surface area contributed by atoms with Crippen LogP contribution >= 0.6 is 0 Å². The van der Waals surface area contributed by atoms with E-state index in [9.17, 15) is 9.59 Å². The number of aromatic nitrogens is 1. The predicted octanol–water partition coefficient (Wildman–Crippen LogP) is 1.95. The van der Waals surface area contributed by atoms with E-state index in [1.807, 2.05) is 24.3 Å². The fourth-order valence-corrected chi connectivity index (χ4v) is 2.32. The van der Waals surface area contributed by atoms with Crippen molar-refractivity contribution in [2.75, 3.05) is 12.4 Å². The Morgan fingerprint density at radius 2 is 1.88 bits per heavy atom. The lowest BCUT2D eigenvalue weighted by Crippen LogP contribution is -2.25. The number of anilines is 1. The largest absolute Gasteiger partial charge is 0.365 e. The third kappa shape index (κ3) is 3.90. The minimum absolute atomic E-state index is 0.0244. The van der Waals surface area contributed by atoms with Gasteiger partial charge in [-0.1, -0.05) is 12.1 Å². The van der Waals surface area contributed by atoms with Gasteiger partial charge in [-0.15, -0.1) is 0 Å². The Labute approximate surface area is 140 Å². The number of nitrogens with zero attached hydrogens (tertiary/aromatic N) is 1. The Morgan fingerprint density at radius 3 is 2.54 bits per heavy atom. The average molecular weight is 324 g/mol. The zero-order chi connectivity index (χ0) is 16.9. The average Bonchev–Trinajstić information content (AvgIpc) is 3.44. The van der Waals surface area contributed by atoms with Crippen molar-refractivity contribution in [1.82, 2.24) is 15.6 Å². The molecule has 1 aliphatic carbocycles. The number of rotatable bonds is 6. The fraction of sp³-hybridized carbons (Fsp3) is 0.278. The van der Waals surface area contributed by atoms with Crippen LogP contribution in [0.1, 0.15) is 39.1 Å². The highest BCUT2D eigenvalue weighted by molar-refractivity contribution is 5.98. The van der Waals surface area contributed by atoms with Gasteiger partial charge >= 0.3 is 0 Å². The molecule has 0 bridgehead atoms. The van der Waals surface area contributed by atoms with E-state index in [1.54, 1.807) is 25.4 Å². The normalized spacial score (nSPS) is 13.2. The van der Waals surface area contributed by atoms with Crippen molar-refractivity contribution in [3.05, 3.63) is 59.3 Å². The zero-order valence-corrected chi connectivity index (χ0v) is 13.5. The van der Waals surface area contributed by atoms with Crippen molar-refractivity contribution in [3.63, 3.8) is 0 Å². The lowest BCUT2D eigenvalue weighted by molar-refractivity contribution is 0.0947. The lowest BCUT2D eigenvalue weighted by Gasteiger charge is -2.10. The molecule has 6 nitrogen and oxygen atoms in total. The number of carbonyl (C=O) groups is 2. The minimum Gasteiger partial charge on any atom is -0.365 e. The monoisotopic (exact) mass is 324 g/mol. The molecule has 1 aromatic heterocycles. The van der Waals surface area contributed by atoms with Crippen molar-refractivity contribution in [3.8, 4) is 0 Å². The van der Waals surface area contributed by atoms with Crippen LogP contribution in [0.25, 0.3) is 0 Å². The summed E-state index contributed by atoms with van der Waals surface area (Å²) in [6.07, 6.45) is 3.79. The molecule has 0 radical (unpaired) electrons. The maximum Gasteiger partial charge on any atom is 0.254 e. The van der Waals surface area contributed by atoms with E-state index in [-0.39, 0.29) is 11.8 Å². The molecule has 1 saturated carbocycles. The van der Waals surface area contributed by atoms with E-state index in [0.717, 1.165) is 18.4 Å². The molecule has 1 heterocycles. The van der Waals surface area contributed by atoms with Crippen LogP contribution in [-0.2, 0) is 6.54 Å². The second kappa shape index (κ2) is 7.12. The third-order valence-corrected chi connectivity index (χ3v) is 3.87. The van der Waals surface area contributed by atoms with E-state index < -0.39 is 0 Å². The Bertz CT molecular complexity index is 739.